The van der Waals surface area contributed by atoms with Crippen LogP contribution in [0, 0.1) is 0 Å². The normalized spacial score (nSPS) is 12.3. The zero-order valence-corrected chi connectivity index (χ0v) is 19.8. The molecule has 0 aliphatic rings. The van der Waals surface area contributed by atoms with Gasteiger partial charge in [0.2, 0.25) is 17.7 Å². The third-order valence-electron chi connectivity index (χ3n) is 5.52. The maximum atomic E-state index is 12.4. The lowest BCUT2D eigenvalue weighted by atomic mass is 10.0. The van der Waals surface area contributed by atoms with Gasteiger partial charge < -0.3 is 21.1 Å². The minimum Gasteiger partial charge on any atom is -0.489 e. The molecule has 182 valence electrons. The Morgan fingerprint density at radius 2 is 1.40 bits per heavy atom. The maximum Gasteiger partial charge on any atom is 0.240 e. The highest BCUT2D eigenvalue weighted by Crippen LogP contribution is 2.17. The van der Waals surface area contributed by atoms with Crippen LogP contribution in [0.3, 0.4) is 0 Å². The van der Waals surface area contributed by atoms with Gasteiger partial charge in [-0.2, -0.15) is 0 Å². The van der Waals surface area contributed by atoms with E-state index in [1.54, 1.807) is 0 Å². The molecule has 2 atom stereocenters. The molecule has 35 heavy (non-hydrogen) atoms. The third kappa shape index (κ3) is 8.62. The van der Waals surface area contributed by atoms with Gasteiger partial charge in [0, 0.05) is 19.3 Å². The monoisotopic (exact) mass is 473 g/mol. The fourth-order valence-electron chi connectivity index (χ4n) is 3.59. The molecule has 3 rings (SSSR count). The van der Waals surface area contributed by atoms with Gasteiger partial charge in [-0.05, 0) is 35.7 Å². The topological polar surface area (TPSA) is 111 Å². The van der Waals surface area contributed by atoms with Gasteiger partial charge in [-0.1, -0.05) is 72.8 Å². The minimum atomic E-state index is -0.891. The van der Waals surface area contributed by atoms with Crippen LogP contribution in [0.4, 0.5) is 0 Å². The second-order valence-corrected chi connectivity index (χ2v) is 8.35. The number of primary amides is 1. The lowest BCUT2D eigenvalue weighted by molar-refractivity contribution is -0.129. The highest BCUT2D eigenvalue weighted by Gasteiger charge is 2.20. The number of amides is 3. The van der Waals surface area contributed by atoms with E-state index in [-0.39, 0.29) is 31.2 Å². The van der Waals surface area contributed by atoms with Crippen LogP contribution < -0.4 is 21.1 Å². The zero-order valence-electron chi connectivity index (χ0n) is 19.8. The van der Waals surface area contributed by atoms with Gasteiger partial charge in [0.25, 0.3) is 0 Å². The van der Waals surface area contributed by atoms with Crippen LogP contribution in [-0.4, -0.2) is 23.8 Å². The molecular weight excluding hydrogens is 442 g/mol. The number of hydrogen-bond acceptors (Lipinski definition) is 4. The van der Waals surface area contributed by atoms with Gasteiger partial charge in [-0.15, -0.1) is 0 Å². The fourth-order valence-corrected chi connectivity index (χ4v) is 3.59. The SMILES string of the molecule is C[C@@H](NC(=O)CCC(=O)N[C@H](Cc1cccc(OCc2ccccc2)c1)C(N)=O)c1ccccc1. The predicted molar refractivity (Wildman–Crippen MR) is 134 cm³/mol. The molecule has 0 saturated heterocycles. The second kappa shape index (κ2) is 12.9. The van der Waals surface area contributed by atoms with Crippen LogP contribution in [0.15, 0.2) is 84.9 Å². The molecule has 3 aromatic carbocycles. The standard InChI is InChI=1S/C28H31N3O4/c1-20(23-12-6-3-7-13-23)30-26(32)15-16-27(33)31-25(28(29)34)18-22-11-8-14-24(17-22)35-19-21-9-4-2-5-10-21/h2-14,17,20,25H,15-16,18-19H2,1H3,(H2,29,34)(H,30,32)(H,31,33)/t20-,25-/m1/s1. The van der Waals surface area contributed by atoms with Crippen molar-refractivity contribution >= 4 is 17.7 Å². The Hall–Kier alpha value is -4.13. The summed E-state index contributed by atoms with van der Waals surface area (Å²) in [5.74, 6) is -0.635. The average molecular weight is 474 g/mol. The van der Waals surface area contributed by atoms with Crippen molar-refractivity contribution in [2.75, 3.05) is 0 Å². The van der Waals surface area contributed by atoms with Gasteiger partial charge in [-0.3, -0.25) is 14.4 Å². The smallest absolute Gasteiger partial charge is 0.240 e. The van der Waals surface area contributed by atoms with E-state index in [0.717, 1.165) is 16.7 Å². The van der Waals surface area contributed by atoms with E-state index < -0.39 is 17.9 Å². The molecule has 0 radical (unpaired) electrons. The summed E-state index contributed by atoms with van der Waals surface area (Å²) in [5.41, 5.74) is 8.35. The average Bonchev–Trinajstić information content (AvgIpc) is 2.87. The molecule has 0 saturated carbocycles. The largest absolute Gasteiger partial charge is 0.489 e. The summed E-state index contributed by atoms with van der Waals surface area (Å²) in [6.07, 6.45) is 0.190. The van der Waals surface area contributed by atoms with E-state index in [9.17, 15) is 14.4 Å². The molecule has 0 unspecified atom stereocenters. The first-order valence-electron chi connectivity index (χ1n) is 11.6. The Morgan fingerprint density at radius 1 is 0.800 bits per heavy atom. The Morgan fingerprint density at radius 3 is 2.06 bits per heavy atom. The first-order valence-corrected chi connectivity index (χ1v) is 11.6. The third-order valence-corrected chi connectivity index (χ3v) is 5.52. The Bertz CT molecular complexity index is 1120. The number of ether oxygens (including phenoxy) is 1. The van der Waals surface area contributed by atoms with Crippen molar-refractivity contribution < 1.29 is 19.1 Å². The zero-order chi connectivity index (χ0) is 25.0. The summed E-state index contributed by atoms with van der Waals surface area (Å²) in [7, 11) is 0. The molecule has 0 fully saturated rings. The highest BCUT2D eigenvalue weighted by atomic mass is 16.5. The van der Waals surface area contributed by atoms with E-state index in [2.05, 4.69) is 10.6 Å². The molecule has 0 heterocycles. The fraction of sp³-hybridized carbons (Fsp3) is 0.250. The van der Waals surface area contributed by atoms with Gasteiger partial charge in [-0.25, -0.2) is 0 Å². The van der Waals surface area contributed by atoms with Gasteiger partial charge in [0.15, 0.2) is 0 Å². The second-order valence-electron chi connectivity index (χ2n) is 8.35. The van der Waals surface area contributed by atoms with Crippen LogP contribution >= 0.6 is 0 Å². The number of benzene rings is 3. The summed E-state index contributed by atoms with van der Waals surface area (Å²) in [4.78, 5) is 36.6. The van der Waals surface area contributed by atoms with Crippen LogP contribution in [0.5, 0.6) is 5.75 Å². The molecule has 7 nitrogen and oxygen atoms in total. The van der Waals surface area contributed by atoms with E-state index in [0.29, 0.717) is 12.4 Å². The number of hydrogen-bond donors (Lipinski definition) is 3. The Labute approximate surface area is 205 Å². The molecule has 0 aliphatic carbocycles. The van der Waals surface area contributed by atoms with Crippen LogP contribution in [0.2, 0.25) is 0 Å². The molecule has 0 aliphatic heterocycles. The summed E-state index contributed by atoms with van der Waals surface area (Å²) < 4.78 is 5.84. The quantitative estimate of drug-likeness (QED) is 0.374. The van der Waals surface area contributed by atoms with Crippen molar-refractivity contribution in [1.29, 1.82) is 0 Å². The van der Waals surface area contributed by atoms with Crippen molar-refractivity contribution in [3.8, 4) is 5.75 Å². The summed E-state index contributed by atoms with van der Waals surface area (Å²) in [5, 5.41) is 5.52. The van der Waals surface area contributed by atoms with Gasteiger partial charge >= 0.3 is 0 Å². The minimum absolute atomic E-state index is 0.0112. The van der Waals surface area contributed by atoms with Crippen molar-refractivity contribution in [3.05, 3.63) is 102 Å². The highest BCUT2D eigenvalue weighted by molar-refractivity contribution is 5.88. The number of carbonyl (C=O) groups excluding carboxylic acids is 3. The lowest BCUT2D eigenvalue weighted by Crippen LogP contribution is -2.46. The van der Waals surface area contributed by atoms with E-state index >= 15 is 0 Å². The predicted octanol–water partition coefficient (Wildman–Crippen LogP) is 3.44. The van der Waals surface area contributed by atoms with Gasteiger partial charge in [0.1, 0.15) is 18.4 Å². The number of nitrogens with two attached hydrogens (primary N) is 1. The number of nitrogens with one attached hydrogen (secondary N) is 2. The van der Waals surface area contributed by atoms with Crippen LogP contribution in [-0.2, 0) is 27.4 Å². The van der Waals surface area contributed by atoms with Crippen molar-refractivity contribution in [3.63, 3.8) is 0 Å². The van der Waals surface area contributed by atoms with Crippen molar-refractivity contribution in [2.24, 2.45) is 5.73 Å². The number of rotatable bonds is 12. The number of carbonyl (C=O) groups is 3. The van der Waals surface area contributed by atoms with Crippen LogP contribution in [0.25, 0.3) is 0 Å². The molecule has 0 spiro atoms. The van der Waals surface area contributed by atoms with E-state index in [1.807, 2.05) is 91.9 Å². The Kier molecular flexibility index (Phi) is 9.42. The maximum absolute atomic E-state index is 12.4. The van der Waals surface area contributed by atoms with Crippen LogP contribution in [0.1, 0.15) is 42.5 Å². The molecular formula is C28H31N3O4. The van der Waals surface area contributed by atoms with E-state index in [1.165, 1.54) is 0 Å². The first-order chi connectivity index (χ1) is 16.9. The molecule has 3 aromatic rings. The van der Waals surface area contributed by atoms with Crippen molar-refractivity contribution in [2.45, 2.75) is 44.9 Å². The summed E-state index contributed by atoms with van der Waals surface area (Å²) in [6.45, 7) is 2.30. The molecule has 4 N–H and O–H groups in total. The molecule has 3 amide bonds. The van der Waals surface area contributed by atoms with Gasteiger partial charge in [0.05, 0.1) is 6.04 Å². The molecule has 0 aromatic heterocycles. The molecule has 7 heteroatoms. The van der Waals surface area contributed by atoms with E-state index in [4.69, 9.17) is 10.5 Å². The lowest BCUT2D eigenvalue weighted by Gasteiger charge is -2.17. The summed E-state index contributed by atoms with van der Waals surface area (Å²) in [6, 6.07) is 25.6. The summed E-state index contributed by atoms with van der Waals surface area (Å²) >= 11 is 0. The first kappa shape index (κ1) is 25.5. The molecule has 0 bridgehead atoms. The van der Waals surface area contributed by atoms with Crippen molar-refractivity contribution in [1.82, 2.24) is 10.6 Å². The Balaban J connectivity index is 1.48.